The molecule has 1 heterocycles. The van der Waals surface area contributed by atoms with Crippen molar-refractivity contribution >= 4 is 28.5 Å². The number of amides is 1. The third-order valence-corrected chi connectivity index (χ3v) is 5.85. The van der Waals surface area contributed by atoms with Gasteiger partial charge in [-0.05, 0) is 78.5 Å². The smallest absolute Gasteiger partial charge is 0.258 e. The predicted molar refractivity (Wildman–Crippen MR) is 104 cm³/mol. The molecule has 1 aromatic rings. The van der Waals surface area contributed by atoms with Gasteiger partial charge < -0.3 is 15.0 Å². The van der Waals surface area contributed by atoms with Gasteiger partial charge in [0, 0.05) is 29.2 Å². The Balaban J connectivity index is 1.33. The largest absolute Gasteiger partial charge is 0.484 e. The van der Waals surface area contributed by atoms with Crippen LogP contribution in [0.2, 0.25) is 0 Å². The summed E-state index contributed by atoms with van der Waals surface area (Å²) in [6.07, 6.45) is 7.76. The molecule has 4 nitrogen and oxygen atoms in total. The number of piperidine rings is 1. The normalized spacial score (nSPS) is 20.2. The highest BCUT2D eigenvalue weighted by Gasteiger charge is 2.24. The van der Waals surface area contributed by atoms with Crippen LogP contribution in [0.15, 0.2) is 24.3 Å². The maximum atomic E-state index is 12.1. The predicted octanol–water partition coefficient (Wildman–Crippen LogP) is 3.44. The van der Waals surface area contributed by atoms with Crippen LogP contribution in [0.3, 0.4) is 0 Å². The molecule has 2 aliphatic rings. The maximum Gasteiger partial charge on any atom is 0.258 e. The fourth-order valence-corrected chi connectivity index (χ4v) is 4.13. The van der Waals surface area contributed by atoms with Crippen LogP contribution in [-0.4, -0.2) is 43.1 Å². The van der Waals surface area contributed by atoms with E-state index < -0.39 is 0 Å². The fourth-order valence-electron chi connectivity index (χ4n) is 3.77. The summed E-state index contributed by atoms with van der Waals surface area (Å²) in [6.45, 7) is 3.58. The van der Waals surface area contributed by atoms with Crippen molar-refractivity contribution in [2.24, 2.45) is 5.92 Å². The number of carbonyl (C=O) groups is 1. The van der Waals surface area contributed by atoms with Crippen LogP contribution < -0.4 is 10.1 Å². The van der Waals surface area contributed by atoms with Crippen molar-refractivity contribution in [3.63, 3.8) is 0 Å². The first-order chi connectivity index (χ1) is 11.7. The molecule has 0 radical (unpaired) electrons. The lowest BCUT2D eigenvalue weighted by molar-refractivity contribution is -0.124. The molecule has 2 fully saturated rings. The van der Waals surface area contributed by atoms with E-state index >= 15 is 0 Å². The molecular formula is C19H27IN2O2. The zero-order valence-electron chi connectivity index (χ0n) is 14.2. The van der Waals surface area contributed by atoms with Crippen LogP contribution in [0.1, 0.15) is 38.5 Å². The van der Waals surface area contributed by atoms with Crippen molar-refractivity contribution in [3.05, 3.63) is 27.8 Å². The molecule has 24 heavy (non-hydrogen) atoms. The number of nitrogens with one attached hydrogen (secondary N) is 1. The molecule has 1 saturated carbocycles. The number of halogens is 1. The minimum absolute atomic E-state index is 0.0113. The summed E-state index contributed by atoms with van der Waals surface area (Å²) in [5.41, 5.74) is 0. The molecule has 0 spiro atoms. The van der Waals surface area contributed by atoms with Gasteiger partial charge in [0.25, 0.3) is 5.91 Å². The van der Waals surface area contributed by atoms with Crippen molar-refractivity contribution in [2.75, 3.05) is 26.2 Å². The van der Waals surface area contributed by atoms with Crippen LogP contribution in [0.4, 0.5) is 0 Å². The van der Waals surface area contributed by atoms with Crippen LogP contribution >= 0.6 is 22.6 Å². The second-order valence-corrected chi connectivity index (χ2v) is 8.28. The van der Waals surface area contributed by atoms with E-state index in [1.807, 2.05) is 24.3 Å². The van der Waals surface area contributed by atoms with Crippen molar-refractivity contribution in [1.82, 2.24) is 10.2 Å². The van der Waals surface area contributed by atoms with Crippen molar-refractivity contribution < 1.29 is 9.53 Å². The van der Waals surface area contributed by atoms with Gasteiger partial charge in [-0.1, -0.05) is 12.8 Å². The first kappa shape index (κ1) is 18.0. The van der Waals surface area contributed by atoms with Gasteiger partial charge in [0.05, 0.1) is 0 Å². The molecule has 132 valence electrons. The van der Waals surface area contributed by atoms with Crippen LogP contribution in [0.5, 0.6) is 5.75 Å². The highest BCUT2D eigenvalue weighted by molar-refractivity contribution is 14.1. The zero-order valence-corrected chi connectivity index (χ0v) is 16.3. The fraction of sp³-hybridized carbons (Fsp3) is 0.632. The van der Waals surface area contributed by atoms with Gasteiger partial charge in [-0.15, -0.1) is 0 Å². The van der Waals surface area contributed by atoms with E-state index in [2.05, 4.69) is 32.8 Å². The molecular weight excluding hydrogens is 415 g/mol. The Kier molecular flexibility index (Phi) is 6.77. The number of ether oxygens (including phenoxy) is 1. The number of carbonyl (C=O) groups excluding carboxylic acids is 1. The highest BCUT2D eigenvalue weighted by atomic mass is 127. The summed E-state index contributed by atoms with van der Waals surface area (Å²) in [4.78, 5) is 14.6. The van der Waals surface area contributed by atoms with Crippen molar-refractivity contribution in [1.29, 1.82) is 0 Å². The molecule has 1 aromatic carbocycles. The minimum Gasteiger partial charge on any atom is -0.484 e. The van der Waals surface area contributed by atoms with Gasteiger partial charge in [-0.25, -0.2) is 0 Å². The lowest BCUT2D eigenvalue weighted by atomic mass is 10.0. The molecule has 3 rings (SSSR count). The number of rotatable bonds is 6. The van der Waals surface area contributed by atoms with E-state index in [9.17, 15) is 4.79 Å². The Hall–Kier alpha value is -0.820. The van der Waals surface area contributed by atoms with Crippen LogP contribution in [0, 0.1) is 9.49 Å². The quantitative estimate of drug-likeness (QED) is 0.687. The first-order valence-corrected chi connectivity index (χ1v) is 10.2. The molecule has 1 aliphatic heterocycles. The summed E-state index contributed by atoms with van der Waals surface area (Å²) >= 11 is 2.25. The Bertz CT molecular complexity index is 521. The summed E-state index contributed by atoms with van der Waals surface area (Å²) in [5.74, 6) is 1.65. The lowest BCUT2D eigenvalue weighted by Crippen LogP contribution is -2.46. The summed E-state index contributed by atoms with van der Waals surface area (Å²) in [6, 6.07) is 8.06. The molecule has 1 amide bonds. The Morgan fingerprint density at radius 2 is 1.79 bits per heavy atom. The Labute approximate surface area is 158 Å². The molecule has 1 aliphatic carbocycles. The lowest BCUT2D eigenvalue weighted by Gasteiger charge is -2.33. The van der Waals surface area contributed by atoms with Gasteiger partial charge in [-0.3, -0.25) is 4.79 Å². The van der Waals surface area contributed by atoms with Gasteiger partial charge in [-0.2, -0.15) is 0 Å². The number of benzene rings is 1. The number of nitrogens with zero attached hydrogens (tertiary/aromatic N) is 1. The summed E-state index contributed by atoms with van der Waals surface area (Å²) in [7, 11) is 0. The number of hydrogen-bond donors (Lipinski definition) is 1. The Morgan fingerprint density at radius 1 is 1.12 bits per heavy atom. The zero-order chi connectivity index (χ0) is 16.8. The topological polar surface area (TPSA) is 41.6 Å². The number of likely N-dealkylation sites (tertiary alicyclic amines) is 1. The van der Waals surface area contributed by atoms with Crippen LogP contribution in [-0.2, 0) is 4.79 Å². The molecule has 0 unspecified atom stereocenters. The van der Waals surface area contributed by atoms with Crippen molar-refractivity contribution in [3.8, 4) is 5.75 Å². The third-order valence-electron chi connectivity index (χ3n) is 5.13. The average Bonchev–Trinajstić information content (AvgIpc) is 3.09. The molecule has 0 aromatic heterocycles. The van der Waals surface area contributed by atoms with Gasteiger partial charge in [0.15, 0.2) is 6.61 Å². The second kappa shape index (κ2) is 9.04. The van der Waals surface area contributed by atoms with Gasteiger partial charge in [0.2, 0.25) is 0 Å². The second-order valence-electron chi connectivity index (χ2n) is 7.04. The van der Waals surface area contributed by atoms with Gasteiger partial charge in [0.1, 0.15) is 5.75 Å². The molecule has 0 atom stereocenters. The summed E-state index contributed by atoms with van der Waals surface area (Å²) in [5, 5.41) is 3.12. The average molecular weight is 442 g/mol. The highest BCUT2D eigenvalue weighted by Crippen LogP contribution is 2.26. The van der Waals surface area contributed by atoms with E-state index in [0.717, 1.165) is 41.2 Å². The van der Waals surface area contributed by atoms with Crippen LogP contribution in [0.25, 0.3) is 0 Å². The van der Waals surface area contributed by atoms with E-state index in [-0.39, 0.29) is 12.5 Å². The molecule has 1 N–H and O–H groups in total. The van der Waals surface area contributed by atoms with E-state index in [1.54, 1.807) is 0 Å². The monoisotopic (exact) mass is 442 g/mol. The maximum absolute atomic E-state index is 12.1. The Morgan fingerprint density at radius 3 is 2.46 bits per heavy atom. The molecule has 1 saturated heterocycles. The SMILES string of the molecule is O=C(COc1ccc(I)cc1)NC1CCN(CC2CCCC2)CC1. The van der Waals surface area contributed by atoms with Crippen molar-refractivity contribution in [2.45, 2.75) is 44.6 Å². The third kappa shape index (κ3) is 5.62. The number of hydrogen-bond acceptors (Lipinski definition) is 3. The van der Waals surface area contributed by atoms with E-state index in [0.29, 0.717) is 6.04 Å². The standard InChI is InChI=1S/C19H27IN2O2/c20-16-5-7-18(8-6-16)24-14-19(23)21-17-9-11-22(12-10-17)13-15-3-1-2-4-15/h5-8,15,17H,1-4,9-14H2,(H,21,23). The van der Waals surface area contributed by atoms with E-state index in [1.165, 1.54) is 32.2 Å². The van der Waals surface area contributed by atoms with Gasteiger partial charge >= 0.3 is 0 Å². The van der Waals surface area contributed by atoms with E-state index in [4.69, 9.17) is 4.74 Å². The minimum atomic E-state index is -0.0113. The summed E-state index contributed by atoms with van der Waals surface area (Å²) < 4.78 is 6.71. The first-order valence-electron chi connectivity index (χ1n) is 9.09. The molecule has 5 heteroatoms. The molecule has 0 bridgehead atoms.